The Bertz CT molecular complexity index is 1920. The van der Waals surface area contributed by atoms with Gasteiger partial charge >= 0.3 is 0 Å². The summed E-state index contributed by atoms with van der Waals surface area (Å²) in [5, 5.41) is 6.48. The molecule has 0 fully saturated rings. The highest BCUT2D eigenvalue weighted by Gasteiger charge is 2.20. The highest BCUT2D eigenvalue weighted by atomic mass is 15.1. The summed E-state index contributed by atoms with van der Waals surface area (Å²) in [6, 6.07) is 39.1. The van der Waals surface area contributed by atoms with Gasteiger partial charge in [-0.05, 0) is 51.7 Å². The van der Waals surface area contributed by atoms with E-state index < -0.39 is 6.85 Å². The fourth-order valence-electron chi connectivity index (χ4n) is 5.33. The number of benzene rings is 6. The van der Waals surface area contributed by atoms with Gasteiger partial charge in [-0.25, -0.2) is 4.98 Å². The molecule has 34 heavy (non-hydrogen) atoms. The molecule has 6 aromatic carbocycles. The van der Waals surface area contributed by atoms with Crippen LogP contribution in [0, 0.1) is 6.85 Å². The number of hydrogen-bond donors (Lipinski definition) is 0. The number of hydrogen-bond acceptors (Lipinski definition) is 1. The molecule has 0 amide bonds. The Morgan fingerprint density at radius 2 is 1.18 bits per heavy atom. The van der Waals surface area contributed by atoms with E-state index in [-0.39, 0.29) is 5.82 Å². The maximum atomic E-state index is 8.33. The fourth-order valence-corrected chi connectivity index (χ4v) is 5.33. The molecule has 160 valence electrons. The number of fused-ring (bicyclic) bond motifs is 4. The summed E-state index contributed by atoms with van der Waals surface area (Å²) < 4.78 is 26.8. The number of nitrogens with zero attached hydrogens (tertiary/aromatic N) is 2. The first-order valence-corrected chi connectivity index (χ1v) is 11.4. The van der Waals surface area contributed by atoms with E-state index in [2.05, 4.69) is 71.7 Å². The molecule has 2 heteroatoms. The second kappa shape index (κ2) is 7.29. The van der Waals surface area contributed by atoms with Crippen LogP contribution in [0.2, 0.25) is 0 Å². The van der Waals surface area contributed by atoms with Crippen molar-refractivity contribution in [1.82, 2.24) is 9.55 Å². The lowest BCUT2D eigenvalue weighted by atomic mass is 9.88. The molecule has 0 aliphatic heterocycles. The van der Waals surface area contributed by atoms with Crippen molar-refractivity contribution in [2.24, 2.45) is 0 Å². The van der Waals surface area contributed by atoms with Crippen LogP contribution in [0.4, 0.5) is 0 Å². The van der Waals surface area contributed by atoms with Crippen LogP contribution in [0.25, 0.3) is 60.2 Å². The Balaban J connectivity index is 1.71. The molecule has 1 aromatic heterocycles. The molecule has 0 aliphatic carbocycles. The van der Waals surface area contributed by atoms with Crippen molar-refractivity contribution in [2.75, 3.05) is 0 Å². The number of para-hydroxylation sites is 2. The monoisotopic (exact) mass is 437 g/mol. The Hall–Kier alpha value is -4.43. The van der Waals surface area contributed by atoms with Crippen molar-refractivity contribution < 1.29 is 4.11 Å². The maximum Gasteiger partial charge on any atom is 0.111 e. The van der Waals surface area contributed by atoms with Crippen LogP contribution in [0.1, 0.15) is 9.94 Å². The minimum Gasteiger partial charge on any atom is -0.295 e. The molecule has 0 atom stereocenters. The highest BCUT2D eigenvalue weighted by molar-refractivity contribution is 6.21. The largest absolute Gasteiger partial charge is 0.295 e. The van der Waals surface area contributed by atoms with Crippen LogP contribution in [0.3, 0.4) is 0 Å². The van der Waals surface area contributed by atoms with Crippen molar-refractivity contribution in [2.45, 2.75) is 6.85 Å². The van der Waals surface area contributed by atoms with Gasteiger partial charge in [0.25, 0.3) is 0 Å². The van der Waals surface area contributed by atoms with E-state index in [9.17, 15) is 0 Å². The van der Waals surface area contributed by atoms with E-state index in [1.54, 1.807) is 0 Å². The van der Waals surface area contributed by atoms with Crippen LogP contribution in [0.15, 0.2) is 115 Å². The normalized spacial score (nSPS) is 13.4. The number of aromatic nitrogens is 2. The van der Waals surface area contributed by atoms with Crippen molar-refractivity contribution in [1.29, 1.82) is 0 Å². The molecule has 0 spiro atoms. The third kappa shape index (κ3) is 2.66. The smallest absolute Gasteiger partial charge is 0.111 e. The Labute approximate surface area is 201 Å². The van der Waals surface area contributed by atoms with E-state index in [0.29, 0.717) is 5.52 Å². The molecule has 0 aliphatic rings. The second-order valence-corrected chi connectivity index (χ2v) is 8.60. The highest BCUT2D eigenvalue weighted by Crippen LogP contribution is 2.43. The van der Waals surface area contributed by atoms with Crippen LogP contribution >= 0.6 is 0 Å². The lowest BCUT2D eigenvalue weighted by Gasteiger charge is -2.20. The third-order valence-corrected chi connectivity index (χ3v) is 6.75. The second-order valence-electron chi connectivity index (χ2n) is 8.60. The Kier molecular flexibility index (Phi) is 3.48. The van der Waals surface area contributed by atoms with Gasteiger partial charge in [0.1, 0.15) is 5.82 Å². The zero-order valence-electron chi connectivity index (χ0n) is 21.4. The molecule has 0 saturated carbocycles. The Morgan fingerprint density at radius 1 is 0.588 bits per heavy atom. The van der Waals surface area contributed by atoms with Gasteiger partial charge in [-0.3, -0.25) is 4.57 Å². The lowest BCUT2D eigenvalue weighted by molar-refractivity contribution is 1.02. The predicted octanol–water partition coefficient (Wildman–Crippen LogP) is 8.46. The van der Waals surface area contributed by atoms with Crippen molar-refractivity contribution in [3.05, 3.63) is 121 Å². The quantitative estimate of drug-likeness (QED) is 0.248. The first-order valence-electron chi connectivity index (χ1n) is 12.9. The maximum absolute atomic E-state index is 8.33. The van der Waals surface area contributed by atoms with Crippen LogP contribution in [-0.4, -0.2) is 9.55 Å². The molecule has 0 bridgehead atoms. The van der Waals surface area contributed by atoms with Crippen LogP contribution in [-0.2, 0) is 0 Å². The molecule has 2 nitrogen and oxygen atoms in total. The Morgan fingerprint density at radius 3 is 1.91 bits per heavy atom. The number of aryl methyl sites for hydroxylation is 1. The van der Waals surface area contributed by atoms with Gasteiger partial charge < -0.3 is 0 Å². The van der Waals surface area contributed by atoms with E-state index in [1.807, 2.05) is 53.1 Å². The third-order valence-electron chi connectivity index (χ3n) is 6.75. The van der Waals surface area contributed by atoms with E-state index in [4.69, 9.17) is 4.11 Å². The van der Waals surface area contributed by atoms with Gasteiger partial charge in [-0.2, -0.15) is 0 Å². The van der Waals surface area contributed by atoms with Gasteiger partial charge in [0.05, 0.1) is 16.7 Å². The van der Waals surface area contributed by atoms with E-state index >= 15 is 0 Å². The van der Waals surface area contributed by atoms with Crippen molar-refractivity contribution in [3.8, 4) is 16.8 Å². The predicted molar refractivity (Wildman–Crippen MR) is 144 cm³/mol. The molecule has 0 unspecified atom stereocenters. The number of rotatable bonds is 2. The summed E-state index contributed by atoms with van der Waals surface area (Å²) >= 11 is 0. The minimum atomic E-state index is -2.38. The SMILES string of the molecule is [2H]C([2H])([2H])c1nc2ccccc2n1-c1c2ccccc2c(-c2cccc3ccccc23)c2ccccc12. The average Bonchev–Trinajstić information content (AvgIpc) is 3.31. The lowest BCUT2D eigenvalue weighted by Crippen LogP contribution is -2.01. The number of imidazole rings is 1. The standard InChI is InChI=1S/C32H22N2/c1-21-33-29-19-8-9-20-30(29)34(21)32-27-16-6-4-14-25(27)31(26-15-5-7-17-28(26)32)24-18-10-12-22-11-2-3-13-23(22)24/h2-20H,1H3/i1D3. The summed E-state index contributed by atoms with van der Waals surface area (Å²) in [4.78, 5) is 4.60. The van der Waals surface area contributed by atoms with Crippen molar-refractivity contribution >= 4 is 43.4 Å². The first-order chi connectivity index (χ1) is 18.0. The van der Waals surface area contributed by atoms with Crippen LogP contribution < -0.4 is 0 Å². The first kappa shape index (κ1) is 16.2. The van der Waals surface area contributed by atoms with Crippen molar-refractivity contribution in [3.63, 3.8) is 0 Å². The molecule has 7 rings (SSSR count). The summed E-state index contributed by atoms with van der Waals surface area (Å²) in [7, 11) is 0. The molecule has 0 radical (unpaired) electrons. The summed E-state index contributed by atoms with van der Waals surface area (Å²) in [6.45, 7) is -2.38. The summed E-state index contributed by atoms with van der Waals surface area (Å²) in [6.07, 6.45) is 0. The summed E-state index contributed by atoms with van der Waals surface area (Å²) in [5.74, 6) is 0.0712. The van der Waals surface area contributed by atoms with Gasteiger partial charge in [0.15, 0.2) is 0 Å². The average molecular weight is 438 g/mol. The molecule has 0 saturated heterocycles. The molecular weight excluding hydrogens is 412 g/mol. The van der Waals surface area contributed by atoms with Crippen LogP contribution in [0.5, 0.6) is 0 Å². The molecule has 7 aromatic rings. The van der Waals surface area contributed by atoms with Gasteiger partial charge in [0, 0.05) is 14.9 Å². The minimum absolute atomic E-state index is 0.0712. The zero-order valence-corrected chi connectivity index (χ0v) is 18.4. The van der Waals surface area contributed by atoms with E-state index in [0.717, 1.165) is 43.9 Å². The molecular formula is C32H22N2. The van der Waals surface area contributed by atoms with Gasteiger partial charge in [-0.15, -0.1) is 0 Å². The molecule has 1 heterocycles. The van der Waals surface area contributed by atoms with E-state index in [1.165, 1.54) is 10.8 Å². The molecule has 0 N–H and O–H groups in total. The van der Waals surface area contributed by atoms with Gasteiger partial charge in [0.2, 0.25) is 0 Å². The topological polar surface area (TPSA) is 17.8 Å². The zero-order chi connectivity index (χ0) is 25.1. The fraction of sp³-hybridized carbons (Fsp3) is 0.0312. The van der Waals surface area contributed by atoms with Gasteiger partial charge in [-0.1, -0.05) is 103 Å². The summed E-state index contributed by atoms with van der Waals surface area (Å²) in [5.41, 5.74) is 4.59.